The van der Waals surface area contributed by atoms with Crippen molar-refractivity contribution in [3.63, 3.8) is 0 Å². The molecule has 0 saturated carbocycles. The fourth-order valence-electron chi connectivity index (χ4n) is 2.86. The molecule has 2 saturated heterocycles. The van der Waals surface area contributed by atoms with Crippen LogP contribution in [0, 0.1) is 0 Å². The Kier molecular flexibility index (Phi) is 4.88. The number of likely N-dealkylation sites (N-methyl/N-ethyl adjacent to an activating group) is 1. The molecule has 3 rings (SSSR count). The van der Waals surface area contributed by atoms with E-state index in [9.17, 15) is 0 Å². The van der Waals surface area contributed by atoms with E-state index in [1.807, 2.05) is 11.3 Å². The average Bonchev–Trinajstić information content (AvgIpc) is 2.97. The molecule has 0 unspecified atom stereocenters. The third kappa shape index (κ3) is 3.49. The zero-order chi connectivity index (χ0) is 13.8. The van der Waals surface area contributed by atoms with E-state index in [0.717, 1.165) is 45.8 Å². The summed E-state index contributed by atoms with van der Waals surface area (Å²) >= 11 is 1.88. The van der Waals surface area contributed by atoms with E-state index in [2.05, 4.69) is 38.1 Å². The van der Waals surface area contributed by atoms with Gasteiger partial charge in [0, 0.05) is 70.0 Å². The van der Waals surface area contributed by atoms with Crippen LogP contribution in [0.25, 0.3) is 0 Å². The minimum absolute atomic E-state index is 1.06. The topological polar surface area (TPSA) is 34.6 Å². The van der Waals surface area contributed by atoms with Crippen LogP contribution < -0.4 is 10.2 Å². The number of aromatic nitrogens is 1. The summed E-state index contributed by atoms with van der Waals surface area (Å²) in [6.45, 7) is 13.6. The molecule has 1 aromatic heterocycles. The molecule has 0 atom stereocenters. The summed E-state index contributed by atoms with van der Waals surface area (Å²) in [6, 6.07) is 0. The Bertz CT molecular complexity index is 407. The molecule has 0 spiro atoms. The van der Waals surface area contributed by atoms with Crippen LogP contribution in [0.15, 0.2) is 6.20 Å². The molecule has 0 bridgehead atoms. The predicted octanol–water partition coefficient (Wildman–Crippen LogP) is 0.690. The highest BCUT2D eigenvalue weighted by atomic mass is 32.1. The maximum atomic E-state index is 4.64. The Balaban J connectivity index is 1.54. The Morgan fingerprint density at radius 3 is 2.55 bits per heavy atom. The molecule has 0 radical (unpaired) electrons. The van der Waals surface area contributed by atoms with Crippen LogP contribution in [0.4, 0.5) is 5.13 Å². The van der Waals surface area contributed by atoms with Gasteiger partial charge in [0.15, 0.2) is 5.13 Å². The largest absolute Gasteiger partial charge is 0.346 e. The first-order valence-electron chi connectivity index (χ1n) is 7.70. The summed E-state index contributed by atoms with van der Waals surface area (Å²) in [4.78, 5) is 13.5. The number of rotatable bonds is 4. The molecule has 5 nitrogen and oxygen atoms in total. The number of nitrogens with zero attached hydrogens (tertiary/aromatic N) is 4. The highest BCUT2D eigenvalue weighted by molar-refractivity contribution is 7.15. The molecule has 1 aromatic rings. The molecule has 20 heavy (non-hydrogen) atoms. The van der Waals surface area contributed by atoms with E-state index in [0.29, 0.717) is 0 Å². The normalized spacial score (nSPS) is 22.4. The van der Waals surface area contributed by atoms with Crippen molar-refractivity contribution in [2.24, 2.45) is 0 Å². The van der Waals surface area contributed by atoms with E-state index in [1.54, 1.807) is 0 Å². The lowest BCUT2D eigenvalue weighted by atomic mass is 10.3. The van der Waals surface area contributed by atoms with E-state index in [1.165, 1.54) is 29.6 Å². The predicted molar refractivity (Wildman–Crippen MR) is 84.6 cm³/mol. The maximum Gasteiger partial charge on any atom is 0.185 e. The van der Waals surface area contributed by atoms with Crippen LogP contribution in [-0.4, -0.2) is 73.7 Å². The second-order valence-electron chi connectivity index (χ2n) is 5.56. The van der Waals surface area contributed by atoms with Gasteiger partial charge in [0.1, 0.15) is 0 Å². The Morgan fingerprint density at radius 1 is 1.10 bits per heavy atom. The van der Waals surface area contributed by atoms with Gasteiger partial charge < -0.3 is 15.1 Å². The van der Waals surface area contributed by atoms with Crippen molar-refractivity contribution in [3.8, 4) is 0 Å². The van der Waals surface area contributed by atoms with Crippen LogP contribution in [0.3, 0.4) is 0 Å². The maximum absolute atomic E-state index is 4.64. The van der Waals surface area contributed by atoms with Gasteiger partial charge in [-0.25, -0.2) is 4.98 Å². The monoisotopic (exact) mass is 295 g/mol. The summed E-state index contributed by atoms with van der Waals surface area (Å²) in [5, 5.41) is 4.61. The van der Waals surface area contributed by atoms with E-state index in [-0.39, 0.29) is 0 Å². The summed E-state index contributed by atoms with van der Waals surface area (Å²) in [7, 11) is 0. The minimum atomic E-state index is 1.06. The van der Waals surface area contributed by atoms with E-state index >= 15 is 0 Å². The van der Waals surface area contributed by atoms with Crippen molar-refractivity contribution in [3.05, 3.63) is 11.1 Å². The average molecular weight is 295 g/mol. The lowest BCUT2D eigenvalue weighted by molar-refractivity contribution is 0.235. The molecular weight excluding hydrogens is 270 g/mol. The van der Waals surface area contributed by atoms with Gasteiger partial charge in [-0.2, -0.15) is 0 Å². The van der Waals surface area contributed by atoms with Crippen LogP contribution in [0.5, 0.6) is 0 Å². The van der Waals surface area contributed by atoms with Crippen molar-refractivity contribution in [2.75, 3.05) is 63.8 Å². The quantitative estimate of drug-likeness (QED) is 0.884. The Morgan fingerprint density at radius 2 is 1.85 bits per heavy atom. The van der Waals surface area contributed by atoms with Crippen molar-refractivity contribution in [1.29, 1.82) is 0 Å². The van der Waals surface area contributed by atoms with Crippen LogP contribution in [0.1, 0.15) is 11.8 Å². The van der Waals surface area contributed by atoms with Gasteiger partial charge in [0.05, 0.1) is 0 Å². The fraction of sp³-hybridized carbons (Fsp3) is 0.786. The van der Waals surface area contributed by atoms with E-state index < -0.39 is 0 Å². The molecule has 6 heteroatoms. The summed E-state index contributed by atoms with van der Waals surface area (Å²) < 4.78 is 0. The zero-order valence-corrected chi connectivity index (χ0v) is 13.2. The second-order valence-corrected chi connectivity index (χ2v) is 6.65. The van der Waals surface area contributed by atoms with E-state index in [4.69, 9.17) is 0 Å². The third-order valence-corrected chi connectivity index (χ3v) is 5.26. The molecule has 3 heterocycles. The zero-order valence-electron chi connectivity index (χ0n) is 12.3. The van der Waals surface area contributed by atoms with Crippen LogP contribution >= 0.6 is 11.3 Å². The fourth-order valence-corrected chi connectivity index (χ4v) is 3.87. The number of anilines is 1. The van der Waals surface area contributed by atoms with Gasteiger partial charge in [0.2, 0.25) is 0 Å². The van der Waals surface area contributed by atoms with Gasteiger partial charge in [-0.3, -0.25) is 4.90 Å². The van der Waals surface area contributed by atoms with Crippen molar-refractivity contribution in [2.45, 2.75) is 13.5 Å². The van der Waals surface area contributed by atoms with Gasteiger partial charge in [-0.1, -0.05) is 6.92 Å². The van der Waals surface area contributed by atoms with Crippen molar-refractivity contribution < 1.29 is 0 Å². The second kappa shape index (κ2) is 6.85. The smallest absolute Gasteiger partial charge is 0.185 e. The molecule has 2 aliphatic rings. The highest BCUT2D eigenvalue weighted by Gasteiger charge is 2.19. The lowest BCUT2D eigenvalue weighted by Gasteiger charge is -2.33. The molecular formula is C14H25N5S. The molecule has 0 aliphatic carbocycles. The SMILES string of the molecule is CCN1CCN(c2ncc(CN3CCNCC3)s2)CC1. The third-order valence-electron chi connectivity index (χ3n) is 4.22. The van der Waals surface area contributed by atoms with Gasteiger partial charge >= 0.3 is 0 Å². The summed E-state index contributed by atoms with van der Waals surface area (Å²) in [5.41, 5.74) is 0. The van der Waals surface area contributed by atoms with Crippen LogP contribution in [0.2, 0.25) is 0 Å². The Hall–Kier alpha value is -0.690. The molecule has 2 fully saturated rings. The number of nitrogens with one attached hydrogen (secondary N) is 1. The molecule has 1 N–H and O–H groups in total. The van der Waals surface area contributed by atoms with Crippen molar-refractivity contribution >= 4 is 16.5 Å². The Labute approximate surface area is 125 Å². The summed E-state index contributed by atoms with van der Waals surface area (Å²) in [5.74, 6) is 0. The standard InChI is InChI=1S/C14H25N5S/c1-2-17-7-9-19(10-8-17)14-16-11-13(20-14)12-18-5-3-15-4-6-18/h11,15H,2-10,12H2,1H3. The van der Waals surface area contributed by atoms with Gasteiger partial charge in [-0.05, 0) is 6.54 Å². The molecule has 0 amide bonds. The van der Waals surface area contributed by atoms with Gasteiger partial charge in [0.25, 0.3) is 0 Å². The van der Waals surface area contributed by atoms with Crippen molar-refractivity contribution in [1.82, 2.24) is 20.1 Å². The number of hydrogen-bond donors (Lipinski definition) is 1. The highest BCUT2D eigenvalue weighted by Crippen LogP contribution is 2.24. The number of hydrogen-bond acceptors (Lipinski definition) is 6. The minimum Gasteiger partial charge on any atom is -0.346 e. The van der Waals surface area contributed by atoms with Gasteiger partial charge in [-0.15, -0.1) is 11.3 Å². The lowest BCUT2D eigenvalue weighted by Crippen LogP contribution is -2.46. The molecule has 2 aliphatic heterocycles. The first-order chi connectivity index (χ1) is 9.85. The molecule has 0 aromatic carbocycles. The molecule has 112 valence electrons. The number of thiazole rings is 1. The number of piperazine rings is 2. The summed E-state index contributed by atoms with van der Waals surface area (Å²) in [6.07, 6.45) is 2.08. The first kappa shape index (κ1) is 14.3. The first-order valence-corrected chi connectivity index (χ1v) is 8.52. The van der Waals surface area contributed by atoms with Crippen LogP contribution in [-0.2, 0) is 6.54 Å².